The molecule has 0 aliphatic rings. The Balaban J connectivity index is 2.33. The maximum atomic E-state index is 13.3. The van der Waals surface area contributed by atoms with Crippen molar-refractivity contribution < 1.29 is 9.18 Å². The predicted octanol–water partition coefficient (Wildman–Crippen LogP) is 3.17. The average molecular weight is 257 g/mol. The number of likely N-dealkylation sites (N-methyl/N-ethyl adjacent to an activating group) is 1. The lowest BCUT2D eigenvalue weighted by molar-refractivity contribution is -0.120. The molecule has 0 fully saturated rings. The van der Waals surface area contributed by atoms with Gasteiger partial charge >= 0.3 is 0 Å². The van der Waals surface area contributed by atoms with Crippen LogP contribution < -0.4 is 5.32 Å². The van der Waals surface area contributed by atoms with E-state index in [0.29, 0.717) is 13.0 Å². The van der Waals surface area contributed by atoms with E-state index in [1.165, 1.54) is 12.1 Å². The smallest absolute Gasteiger partial charge is 0.224 e. The van der Waals surface area contributed by atoms with Crippen LogP contribution in [0.3, 0.4) is 0 Å². The highest BCUT2D eigenvalue weighted by Crippen LogP contribution is 2.24. The van der Waals surface area contributed by atoms with Crippen LogP contribution in [0.2, 0.25) is 0 Å². The highest BCUT2D eigenvalue weighted by Gasteiger charge is 2.09. The first-order chi connectivity index (χ1) is 9.20. The van der Waals surface area contributed by atoms with Crippen LogP contribution in [-0.2, 0) is 11.2 Å². The molecule has 0 bridgehead atoms. The van der Waals surface area contributed by atoms with E-state index < -0.39 is 0 Å². The molecule has 0 spiro atoms. The molecule has 0 radical (unpaired) electrons. The molecule has 0 saturated carbocycles. The van der Waals surface area contributed by atoms with Gasteiger partial charge in [-0.1, -0.05) is 36.4 Å². The zero-order chi connectivity index (χ0) is 13.7. The Kier molecular flexibility index (Phi) is 4.29. The van der Waals surface area contributed by atoms with Gasteiger partial charge < -0.3 is 5.32 Å². The number of hydrogen-bond donors (Lipinski definition) is 1. The fraction of sp³-hybridized carbons (Fsp3) is 0.188. The molecule has 2 aromatic rings. The molecule has 98 valence electrons. The number of carbonyl (C=O) groups excluding carboxylic acids is 1. The SMILES string of the molecule is CCNC(=O)Cc1ccccc1-c1cccc(F)c1. The topological polar surface area (TPSA) is 29.1 Å². The van der Waals surface area contributed by atoms with Gasteiger partial charge in [-0.05, 0) is 35.7 Å². The zero-order valence-corrected chi connectivity index (χ0v) is 10.8. The van der Waals surface area contributed by atoms with Crippen molar-refractivity contribution in [3.8, 4) is 11.1 Å². The minimum absolute atomic E-state index is 0.0219. The van der Waals surface area contributed by atoms with Gasteiger partial charge in [0.1, 0.15) is 5.82 Å². The molecule has 0 aliphatic heterocycles. The van der Waals surface area contributed by atoms with Crippen molar-refractivity contribution in [2.24, 2.45) is 0 Å². The molecule has 2 aromatic carbocycles. The van der Waals surface area contributed by atoms with Crippen molar-refractivity contribution in [1.29, 1.82) is 0 Å². The summed E-state index contributed by atoms with van der Waals surface area (Å²) in [6.45, 7) is 2.50. The van der Waals surface area contributed by atoms with E-state index in [0.717, 1.165) is 16.7 Å². The third-order valence-corrected chi connectivity index (χ3v) is 2.88. The van der Waals surface area contributed by atoms with Crippen LogP contribution in [0.15, 0.2) is 48.5 Å². The first kappa shape index (κ1) is 13.3. The van der Waals surface area contributed by atoms with Crippen molar-refractivity contribution >= 4 is 5.91 Å². The summed E-state index contributed by atoms with van der Waals surface area (Å²) in [5.41, 5.74) is 2.59. The second kappa shape index (κ2) is 6.14. The lowest BCUT2D eigenvalue weighted by Gasteiger charge is -2.09. The summed E-state index contributed by atoms with van der Waals surface area (Å²) in [6.07, 6.45) is 0.306. The molecule has 0 aromatic heterocycles. The lowest BCUT2D eigenvalue weighted by atomic mass is 9.97. The molecule has 1 amide bonds. The van der Waals surface area contributed by atoms with Gasteiger partial charge in [0.2, 0.25) is 5.91 Å². The fourth-order valence-corrected chi connectivity index (χ4v) is 2.04. The van der Waals surface area contributed by atoms with Crippen LogP contribution in [0.4, 0.5) is 4.39 Å². The molecule has 0 atom stereocenters. The van der Waals surface area contributed by atoms with Crippen molar-refractivity contribution in [3.05, 3.63) is 59.9 Å². The first-order valence-electron chi connectivity index (χ1n) is 6.31. The summed E-state index contributed by atoms with van der Waals surface area (Å²) in [7, 11) is 0. The largest absolute Gasteiger partial charge is 0.356 e. The Labute approximate surface area is 112 Å². The van der Waals surface area contributed by atoms with E-state index in [2.05, 4.69) is 5.32 Å². The third-order valence-electron chi connectivity index (χ3n) is 2.88. The normalized spacial score (nSPS) is 10.2. The Morgan fingerprint density at radius 2 is 1.95 bits per heavy atom. The van der Waals surface area contributed by atoms with E-state index in [1.54, 1.807) is 6.07 Å². The zero-order valence-electron chi connectivity index (χ0n) is 10.8. The average Bonchev–Trinajstić information content (AvgIpc) is 2.39. The lowest BCUT2D eigenvalue weighted by Crippen LogP contribution is -2.24. The van der Waals surface area contributed by atoms with Gasteiger partial charge in [0.05, 0.1) is 6.42 Å². The number of benzene rings is 2. The molecular weight excluding hydrogens is 241 g/mol. The van der Waals surface area contributed by atoms with Crippen LogP contribution in [0, 0.1) is 5.82 Å². The Hall–Kier alpha value is -2.16. The summed E-state index contributed by atoms with van der Waals surface area (Å²) < 4.78 is 13.3. The number of nitrogens with one attached hydrogen (secondary N) is 1. The fourth-order valence-electron chi connectivity index (χ4n) is 2.04. The molecule has 3 heteroatoms. The highest BCUT2D eigenvalue weighted by molar-refractivity contribution is 5.81. The Bertz CT molecular complexity index is 580. The number of amides is 1. The van der Waals surface area contributed by atoms with Crippen molar-refractivity contribution in [1.82, 2.24) is 5.32 Å². The molecule has 2 rings (SSSR count). The summed E-state index contributed by atoms with van der Waals surface area (Å²) in [6, 6.07) is 14.0. The molecule has 0 unspecified atom stereocenters. The van der Waals surface area contributed by atoms with E-state index in [1.807, 2.05) is 37.3 Å². The summed E-state index contributed by atoms with van der Waals surface area (Å²) in [5.74, 6) is -0.295. The van der Waals surface area contributed by atoms with Gasteiger partial charge in [-0.15, -0.1) is 0 Å². The van der Waals surface area contributed by atoms with E-state index >= 15 is 0 Å². The first-order valence-corrected chi connectivity index (χ1v) is 6.31. The van der Waals surface area contributed by atoms with E-state index in [9.17, 15) is 9.18 Å². The monoisotopic (exact) mass is 257 g/mol. The van der Waals surface area contributed by atoms with Gasteiger partial charge in [0.15, 0.2) is 0 Å². The van der Waals surface area contributed by atoms with E-state index in [4.69, 9.17) is 0 Å². The molecular formula is C16H16FNO. The molecule has 2 nitrogen and oxygen atoms in total. The maximum Gasteiger partial charge on any atom is 0.224 e. The minimum Gasteiger partial charge on any atom is -0.356 e. The summed E-state index contributed by atoms with van der Waals surface area (Å²) in [4.78, 5) is 11.7. The van der Waals surface area contributed by atoms with Crippen molar-refractivity contribution in [2.75, 3.05) is 6.54 Å². The Morgan fingerprint density at radius 3 is 2.68 bits per heavy atom. The number of carbonyl (C=O) groups is 1. The van der Waals surface area contributed by atoms with Crippen molar-refractivity contribution in [3.63, 3.8) is 0 Å². The number of halogens is 1. The van der Waals surface area contributed by atoms with E-state index in [-0.39, 0.29) is 11.7 Å². The second-order valence-corrected chi connectivity index (χ2v) is 4.30. The van der Waals surface area contributed by atoms with Crippen LogP contribution in [0.5, 0.6) is 0 Å². The standard InChI is InChI=1S/C16H16FNO/c1-2-18-16(19)11-13-6-3-4-9-15(13)12-7-5-8-14(17)10-12/h3-10H,2,11H2,1H3,(H,18,19). The van der Waals surface area contributed by atoms with Gasteiger partial charge in [-0.25, -0.2) is 4.39 Å². The molecule has 19 heavy (non-hydrogen) atoms. The predicted molar refractivity (Wildman–Crippen MR) is 74.2 cm³/mol. The molecule has 1 N–H and O–H groups in total. The van der Waals surface area contributed by atoms with Gasteiger partial charge in [0.25, 0.3) is 0 Å². The molecule has 0 aliphatic carbocycles. The van der Waals surface area contributed by atoms with Crippen LogP contribution >= 0.6 is 0 Å². The molecule has 0 saturated heterocycles. The summed E-state index contributed by atoms with van der Waals surface area (Å²) in [5, 5.41) is 2.77. The Morgan fingerprint density at radius 1 is 1.16 bits per heavy atom. The maximum absolute atomic E-state index is 13.3. The third kappa shape index (κ3) is 3.41. The van der Waals surface area contributed by atoms with Gasteiger partial charge in [0, 0.05) is 6.54 Å². The van der Waals surface area contributed by atoms with Crippen LogP contribution in [0.1, 0.15) is 12.5 Å². The van der Waals surface area contributed by atoms with Gasteiger partial charge in [-0.3, -0.25) is 4.79 Å². The second-order valence-electron chi connectivity index (χ2n) is 4.30. The van der Waals surface area contributed by atoms with Crippen LogP contribution in [-0.4, -0.2) is 12.5 Å². The number of rotatable bonds is 4. The highest BCUT2D eigenvalue weighted by atomic mass is 19.1. The van der Waals surface area contributed by atoms with Crippen LogP contribution in [0.25, 0.3) is 11.1 Å². The quantitative estimate of drug-likeness (QED) is 0.895. The molecule has 0 heterocycles. The summed E-state index contributed by atoms with van der Waals surface area (Å²) >= 11 is 0. The minimum atomic E-state index is -0.273. The van der Waals surface area contributed by atoms with Gasteiger partial charge in [-0.2, -0.15) is 0 Å². The van der Waals surface area contributed by atoms with Crippen molar-refractivity contribution in [2.45, 2.75) is 13.3 Å². The number of hydrogen-bond acceptors (Lipinski definition) is 1.